The van der Waals surface area contributed by atoms with Crippen molar-refractivity contribution in [3.63, 3.8) is 0 Å². The van der Waals surface area contributed by atoms with Crippen LogP contribution >= 0.6 is 11.8 Å². The third kappa shape index (κ3) is 2.94. The van der Waals surface area contributed by atoms with E-state index in [-0.39, 0.29) is 0 Å². The largest absolute Gasteiger partial charge is 0.382 e. The summed E-state index contributed by atoms with van der Waals surface area (Å²) in [6.45, 7) is 4.73. The highest BCUT2D eigenvalue weighted by atomic mass is 32.2. The molecule has 0 bridgehead atoms. The number of benzene rings is 1. The van der Waals surface area contributed by atoms with E-state index in [0.717, 1.165) is 0 Å². The van der Waals surface area contributed by atoms with Gasteiger partial charge in [0.25, 0.3) is 0 Å². The Labute approximate surface area is 103 Å². The SMILES string of the molecule is CSc1ccc(NC2CCC(C)(C)C2)cc1. The third-order valence-corrected chi connectivity index (χ3v) is 4.17. The highest BCUT2D eigenvalue weighted by Gasteiger charge is 2.30. The fourth-order valence-corrected chi connectivity index (χ4v) is 2.89. The van der Waals surface area contributed by atoms with Crippen molar-refractivity contribution < 1.29 is 0 Å². The van der Waals surface area contributed by atoms with Crippen molar-refractivity contribution in [1.29, 1.82) is 0 Å². The first-order chi connectivity index (χ1) is 7.59. The molecule has 0 radical (unpaired) electrons. The minimum atomic E-state index is 0.525. The molecule has 0 amide bonds. The summed E-state index contributed by atoms with van der Waals surface area (Å²) in [5.74, 6) is 0. The molecule has 0 aromatic heterocycles. The predicted molar refractivity (Wildman–Crippen MR) is 73.3 cm³/mol. The highest BCUT2D eigenvalue weighted by molar-refractivity contribution is 7.98. The maximum absolute atomic E-state index is 3.64. The van der Waals surface area contributed by atoms with Crippen LogP contribution in [0.3, 0.4) is 0 Å². The zero-order chi connectivity index (χ0) is 11.6. The molecule has 0 aliphatic heterocycles. The predicted octanol–water partition coefficient (Wildman–Crippen LogP) is 4.40. The number of hydrogen-bond acceptors (Lipinski definition) is 2. The van der Waals surface area contributed by atoms with Crippen molar-refractivity contribution in [1.82, 2.24) is 0 Å². The average molecular weight is 235 g/mol. The summed E-state index contributed by atoms with van der Waals surface area (Å²) in [6.07, 6.45) is 6.05. The van der Waals surface area contributed by atoms with Crippen molar-refractivity contribution in [3.8, 4) is 0 Å². The molecule has 2 heteroatoms. The van der Waals surface area contributed by atoms with Gasteiger partial charge in [-0.1, -0.05) is 13.8 Å². The van der Waals surface area contributed by atoms with E-state index in [2.05, 4.69) is 49.7 Å². The molecule has 88 valence electrons. The normalized spacial score (nSPS) is 23.3. The zero-order valence-electron chi connectivity index (χ0n) is 10.4. The fraction of sp³-hybridized carbons (Fsp3) is 0.571. The van der Waals surface area contributed by atoms with Crippen molar-refractivity contribution >= 4 is 17.4 Å². The summed E-state index contributed by atoms with van der Waals surface area (Å²) >= 11 is 1.79. The van der Waals surface area contributed by atoms with E-state index >= 15 is 0 Å². The Hall–Kier alpha value is -0.630. The van der Waals surface area contributed by atoms with Gasteiger partial charge in [-0.2, -0.15) is 0 Å². The van der Waals surface area contributed by atoms with Crippen LogP contribution in [-0.2, 0) is 0 Å². The van der Waals surface area contributed by atoms with Gasteiger partial charge in [0.1, 0.15) is 0 Å². The molecule has 2 rings (SSSR count). The van der Waals surface area contributed by atoms with Crippen LogP contribution in [0.25, 0.3) is 0 Å². The second-order valence-electron chi connectivity index (χ2n) is 5.48. The van der Waals surface area contributed by atoms with Crippen LogP contribution in [0.15, 0.2) is 29.2 Å². The van der Waals surface area contributed by atoms with E-state index in [1.54, 1.807) is 11.8 Å². The maximum Gasteiger partial charge on any atom is 0.0343 e. The van der Waals surface area contributed by atoms with Crippen LogP contribution in [0.1, 0.15) is 33.1 Å². The second-order valence-corrected chi connectivity index (χ2v) is 6.36. The van der Waals surface area contributed by atoms with Crippen LogP contribution in [0.5, 0.6) is 0 Å². The highest BCUT2D eigenvalue weighted by Crippen LogP contribution is 2.38. The van der Waals surface area contributed by atoms with Gasteiger partial charge in [-0.25, -0.2) is 0 Å². The molecular weight excluding hydrogens is 214 g/mol. The molecule has 0 heterocycles. The maximum atomic E-state index is 3.64. The van der Waals surface area contributed by atoms with Crippen LogP contribution in [0.4, 0.5) is 5.69 Å². The minimum Gasteiger partial charge on any atom is -0.382 e. The molecule has 1 aliphatic carbocycles. The lowest BCUT2D eigenvalue weighted by molar-refractivity contribution is 0.378. The topological polar surface area (TPSA) is 12.0 Å². The quantitative estimate of drug-likeness (QED) is 0.779. The van der Waals surface area contributed by atoms with Gasteiger partial charge in [0.2, 0.25) is 0 Å². The fourth-order valence-electron chi connectivity index (χ4n) is 2.48. The van der Waals surface area contributed by atoms with Gasteiger partial charge in [0.05, 0.1) is 0 Å². The second kappa shape index (κ2) is 4.70. The molecule has 0 spiro atoms. The molecule has 1 N–H and O–H groups in total. The average Bonchev–Trinajstić information content (AvgIpc) is 2.59. The first-order valence-electron chi connectivity index (χ1n) is 6.00. The lowest BCUT2D eigenvalue weighted by Gasteiger charge is -2.18. The Morgan fingerprint density at radius 3 is 2.44 bits per heavy atom. The summed E-state index contributed by atoms with van der Waals surface area (Å²) in [7, 11) is 0. The van der Waals surface area contributed by atoms with Crippen LogP contribution in [-0.4, -0.2) is 12.3 Å². The summed E-state index contributed by atoms with van der Waals surface area (Å²) in [5, 5.41) is 3.64. The molecular formula is C14H21NS. The van der Waals surface area contributed by atoms with Gasteiger partial charge in [-0.05, 0) is 55.2 Å². The molecule has 1 aromatic carbocycles. The van der Waals surface area contributed by atoms with Crippen molar-refractivity contribution in [3.05, 3.63) is 24.3 Å². The van der Waals surface area contributed by atoms with Gasteiger partial charge in [0, 0.05) is 16.6 Å². The third-order valence-electron chi connectivity index (χ3n) is 3.43. The first-order valence-corrected chi connectivity index (χ1v) is 7.22. The lowest BCUT2D eigenvalue weighted by atomic mass is 9.92. The molecule has 0 saturated heterocycles. The number of anilines is 1. The summed E-state index contributed by atoms with van der Waals surface area (Å²) in [4.78, 5) is 1.33. The van der Waals surface area contributed by atoms with E-state index in [4.69, 9.17) is 0 Å². The Morgan fingerprint density at radius 2 is 1.94 bits per heavy atom. The lowest BCUT2D eigenvalue weighted by Crippen LogP contribution is -2.17. The van der Waals surface area contributed by atoms with Crippen LogP contribution in [0, 0.1) is 5.41 Å². The number of hydrogen-bond donors (Lipinski definition) is 1. The van der Waals surface area contributed by atoms with E-state index < -0.39 is 0 Å². The smallest absolute Gasteiger partial charge is 0.0343 e. The van der Waals surface area contributed by atoms with Crippen molar-refractivity contribution in [2.45, 2.75) is 44.0 Å². The van der Waals surface area contributed by atoms with Gasteiger partial charge >= 0.3 is 0 Å². The summed E-state index contributed by atoms with van der Waals surface area (Å²) < 4.78 is 0. The van der Waals surface area contributed by atoms with E-state index in [9.17, 15) is 0 Å². The molecule has 1 aliphatic rings. The minimum absolute atomic E-state index is 0.525. The van der Waals surface area contributed by atoms with Crippen LogP contribution < -0.4 is 5.32 Å². The summed E-state index contributed by atoms with van der Waals surface area (Å²) in [6, 6.07) is 9.42. The molecule has 1 nitrogen and oxygen atoms in total. The molecule has 1 aromatic rings. The molecule has 1 fully saturated rings. The summed E-state index contributed by atoms with van der Waals surface area (Å²) in [5.41, 5.74) is 1.79. The Morgan fingerprint density at radius 1 is 1.25 bits per heavy atom. The van der Waals surface area contributed by atoms with Gasteiger partial charge < -0.3 is 5.32 Å². The Kier molecular flexibility index (Phi) is 3.48. The van der Waals surface area contributed by atoms with Crippen LogP contribution in [0.2, 0.25) is 0 Å². The number of rotatable bonds is 3. The van der Waals surface area contributed by atoms with E-state index in [1.807, 2.05) is 0 Å². The molecule has 16 heavy (non-hydrogen) atoms. The Bertz CT molecular complexity index is 342. The Balaban J connectivity index is 1.94. The van der Waals surface area contributed by atoms with E-state index in [1.165, 1.54) is 29.8 Å². The van der Waals surface area contributed by atoms with Gasteiger partial charge in [-0.3, -0.25) is 0 Å². The standard InChI is InChI=1S/C14H21NS/c1-14(2)9-8-12(10-14)15-11-4-6-13(16-3)7-5-11/h4-7,12,15H,8-10H2,1-3H3. The van der Waals surface area contributed by atoms with Crippen molar-refractivity contribution in [2.24, 2.45) is 5.41 Å². The molecule has 1 saturated carbocycles. The number of thioether (sulfide) groups is 1. The van der Waals surface area contributed by atoms with Crippen molar-refractivity contribution in [2.75, 3.05) is 11.6 Å². The molecule has 1 unspecified atom stereocenters. The molecule has 1 atom stereocenters. The van der Waals surface area contributed by atoms with Gasteiger partial charge in [-0.15, -0.1) is 11.8 Å². The number of nitrogens with one attached hydrogen (secondary N) is 1. The van der Waals surface area contributed by atoms with Gasteiger partial charge in [0.15, 0.2) is 0 Å². The zero-order valence-corrected chi connectivity index (χ0v) is 11.2. The van der Waals surface area contributed by atoms with E-state index in [0.29, 0.717) is 11.5 Å². The monoisotopic (exact) mass is 235 g/mol. The first kappa shape index (κ1) is 11.8.